The van der Waals surface area contributed by atoms with Gasteiger partial charge in [0.15, 0.2) is 0 Å². The number of hydrogen-bond acceptors (Lipinski definition) is 5. The summed E-state index contributed by atoms with van der Waals surface area (Å²) in [5, 5.41) is 2.81. The van der Waals surface area contributed by atoms with Crippen molar-refractivity contribution in [3.05, 3.63) is 54.4 Å². The van der Waals surface area contributed by atoms with Crippen molar-refractivity contribution in [1.29, 1.82) is 0 Å². The van der Waals surface area contributed by atoms with E-state index in [9.17, 15) is 13.2 Å². The molecule has 2 heterocycles. The zero-order valence-electron chi connectivity index (χ0n) is 16.0. The van der Waals surface area contributed by atoms with Crippen LogP contribution in [0.25, 0.3) is 11.0 Å². The van der Waals surface area contributed by atoms with Gasteiger partial charge in [0, 0.05) is 18.8 Å². The zero-order valence-corrected chi connectivity index (χ0v) is 16.9. The van der Waals surface area contributed by atoms with Gasteiger partial charge >= 0.3 is 0 Å². The minimum absolute atomic E-state index is 0.125. The summed E-state index contributed by atoms with van der Waals surface area (Å²) in [4.78, 5) is 17.2. The Hall–Kier alpha value is -2.75. The molecule has 1 N–H and O–H groups in total. The van der Waals surface area contributed by atoms with E-state index in [1.54, 1.807) is 12.1 Å². The number of imidazole rings is 1. The van der Waals surface area contributed by atoms with Crippen LogP contribution in [0.3, 0.4) is 0 Å². The summed E-state index contributed by atoms with van der Waals surface area (Å²) in [5.74, 6) is 0.549. The predicted octanol–water partition coefficient (Wildman–Crippen LogP) is 2.00. The summed E-state index contributed by atoms with van der Waals surface area (Å²) >= 11 is 0. The lowest BCUT2D eigenvalue weighted by atomic mass is 10.3. The van der Waals surface area contributed by atoms with Crippen LogP contribution in [-0.2, 0) is 26.1 Å². The van der Waals surface area contributed by atoms with Crippen LogP contribution in [0.1, 0.15) is 5.82 Å². The molecule has 1 aromatic heterocycles. The summed E-state index contributed by atoms with van der Waals surface area (Å²) in [6, 6.07) is 13.9. The highest BCUT2D eigenvalue weighted by Crippen LogP contribution is 2.20. The molecule has 152 valence electrons. The lowest BCUT2D eigenvalue weighted by Crippen LogP contribution is -2.40. The van der Waals surface area contributed by atoms with Crippen molar-refractivity contribution >= 4 is 32.7 Å². The first kappa shape index (κ1) is 19.6. The molecule has 2 aromatic carbocycles. The number of nitrogens with zero attached hydrogens (tertiary/aromatic N) is 3. The van der Waals surface area contributed by atoms with Crippen molar-refractivity contribution in [1.82, 2.24) is 13.9 Å². The molecule has 1 aliphatic rings. The Kier molecular flexibility index (Phi) is 5.35. The molecule has 1 amide bonds. The minimum Gasteiger partial charge on any atom is -0.379 e. The second-order valence-corrected chi connectivity index (χ2v) is 8.76. The SMILES string of the molecule is Cc1nc2ccccc2n1CC(=O)Nc1ccc(S(=O)(=O)N2CCOCC2)cc1. The van der Waals surface area contributed by atoms with Gasteiger partial charge in [0.25, 0.3) is 0 Å². The van der Waals surface area contributed by atoms with Crippen molar-refractivity contribution in [2.24, 2.45) is 0 Å². The predicted molar refractivity (Wildman–Crippen MR) is 109 cm³/mol. The van der Waals surface area contributed by atoms with E-state index in [0.717, 1.165) is 16.9 Å². The summed E-state index contributed by atoms with van der Waals surface area (Å²) in [5.41, 5.74) is 2.28. The fourth-order valence-electron chi connectivity index (χ4n) is 3.39. The molecular weight excluding hydrogens is 392 g/mol. The molecule has 0 spiro atoms. The van der Waals surface area contributed by atoms with Crippen LogP contribution in [-0.4, -0.2) is 54.5 Å². The number of benzene rings is 2. The third-order valence-electron chi connectivity index (χ3n) is 4.89. The van der Waals surface area contributed by atoms with Crippen LogP contribution in [0.5, 0.6) is 0 Å². The summed E-state index contributed by atoms with van der Waals surface area (Å²) in [6.45, 7) is 3.47. The van der Waals surface area contributed by atoms with Gasteiger partial charge in [0.2, 0.25) is 15.9 Å². The first-order valence-corrected chi connectivity index (χ1v) is 10.8. The lowest BCUT2D eigenvalue weighted by Gasteiger charge is -2.26. The Morgan fingerprint density at radius 2 is 1.79 bits per heavy atom. The Morgan fingerprint density at radius 1 is 1.10 bits per heavy atom. The first-order valence-electron chi connectivity index (χ1n) is 9.35. The maximum Gasteiger partial charge on any atom is 0.244 e. The van der Waals surface area contributed by atoms with Crippen molar-refractivity contribution < 1.29 is 17.9 Å². The van der Waals surface area contributed by atoms with Gasteiger partial charge < -0.3 is 14.6 Å². The third kappa shape index (κ3) is 4.02. The highest BCUT2D eigenvalue weighted by atomic mass is 32.2. The van der Waals surface area contributed by atoms with Gasteiger partial charge in [-0.15, -0.1) is 0 Å². The van der Waals surface area contributed by atoms with E-state index in [4.69, 9.17) is 4.74 Å². The Balaban J connectivity index is 1.46. The van der Waals surface area contributed by atoms with Crippen LogP contribution in [0, 0.1) is 6.92 Å². The van der Waals surface area contributed by atoms with Crippen molar-refractivity contribution in [2.75, 3.05) is 31.6 Å². The molecule has 29 heavy (non-hydrogen) atoms. The van der Waals surface area contributed by atoms with Gasteiger partial charge in [0.1, 0.15) is 12.4 Å². The number of rotatable bonds is 5. The zero-order chi connectivity index (χ0) is 20.4. The van der Waals surface area contributed by atoms with Crippen molar-refractivity contribution in [2.45, 2.75) is 18.4 Å². The lowest BCUT2D eigenvalue weighted by molar-refractivity contribution is -0.116. The van der Waals surface area contributed by atoms with E-state index >= 15 is 0 Å². The molecule has 0 atom stereocenters. The maximum absolute atomic E-state index is 12.7. The van der Waals surface area contributed by atoms with Crippen LogP contribution in [0.15, 0.2) is 53.4 Å². The number of hydrogen-bond donors (Lipinski definition) is 1. The third-order valence-corrected chi connectivity index (χ3v) is 6.81. The molecule has 8 nitrogen and oxygen atoms in total. The standard InChI is InChI=1S/C20H22N4O4S/c1-15-21-18-4-2-3-5-19(18)24(15)14-20(25)22-16-6-8-17(9-7-16)29(26,27)23-10-12-28-13-11-23/h2-9H,10-14H2,1H3,(H,22,25). The molecule has 4 rings (SSSR count). The number of aromatic nitrogens is 2. The smallest absolute Gasteiger partial charge is 0.244 e. The summed E-state index contributed by atoms with van der Waals surface area (Å²) in [7, 11) is -3.55. The Bertz CT molecular complexity index is 1130. The van der Waals surface area contributed by atoms with E-state index in [1.807, 2.05) is 35.8 Å². The average molecular weight is 414 g/mol. The molecule has 0 unspecified atom stereocenters. The van der Waals surface area contributed by atoms with Gasteiger partial charge in [-0.25, -0.2) is 13.4 Å². The molecular formula is C20H22N4O4S. The minimum atomic E-state index is -3.55. The highest BCUT2D eigenvalue weighted by molar-refractivity contribution is 7.89. The van der Waals surface area contributed by atoms with Crippen molar-refractivity contribution in [3.63, 3.8) is 0 Å². The summed E-state index contributed by atoms with van der Waals surface area (Å²) < 4.78 is 33.8. The number of para-hydroxylation sites is 2. The van der Waals surface area contributed by atoms with Gasteiger partial charge in [-0.3, -0.25) is 4.79 Å². The second-order valence-electron chi connectivity index (χ2n) is 6.82. The highest BCUT2D eigenvalue weighted by Gasteiger charge is 2.26. The number of ether oxygens (including phenoxy) is 1. The average Bonchev–Trinajstić information content (AvgIpc) is 3.04. The molecule has 3 aromatic rings. The van der Waals surface area contributed by atoms with Crippen molar-refractivity contribution in [3.8, 4) is 0 Å². The molecule has 0 bridgehead atoms. The maximum atomic E-state index is 12.7. The number of fused-ring (bicyclic) bond motifs is 1. The normalized spacial score (nSPS) is 15.5. The van der Waals surface area contributed by atoms with Gasteiger partial charge in [-0.05, 0) is 43.3 Å². The molecule has 1 fully saturated rings. The number of aryl methyl sites for hydroxylation is 1. The topological polar surface area (TPSA) is 93.5 Å². The van der Waals surface area contributed by atoms with E-state index in [1.165, 1.54) is 16.4 Å². The molecule has 0 saturated carbocycles. The quantitative estimate of drug-likeness (QED) is 0.689. The number of carbonyl (C=O) groups excluding carboxylic acids is 1. The molecule has 1 aliphatic heterocycles. The number of anilines is 1. The van der Waals surface area contributed by atoms with Crippen LogP contribution in [0.2, 0.25) is 0 Å². The van der Waals surface area contributed by atoms with E-state index in [2.05, 4.69) is 10.3 Å². The van der Waals surface area contributed by atoms with Gasteiger partial charge in [-0.1, -0.05) is 12.1 Å². The number of amides is 1. The number of carbonyl (C=O) groups is 1. The Morgan fingerprint density at radius 3 is 2.52 bits per heavy atom. The number of morpholine rings is 1. The van der Waals surface area contributed by atoms with Crippen LogP contribution >= 0.6 is 0 Å². The molecule has 9 heteroatoms. The molecule has 0 aliphatic carbocycles. The monoisotopic (exact) mass is 414 g/mol. The fraction of sp³-hybridized carbons (Fsp3) is 0.300. The first-order chi connectivity index (χ1) is 13.9. The fourth-order valence-corrected chi connectivity index (χ4v) is 4.79. The van der Waals surface area contributed by atoms with E-state index < -0.39 is 10.0 Å². The van der Waals surface area contributed by atoms with Crippen LogP contribution in [0.4, 0.5) is 5.69 Å². The number of nitrogens with one attached hydrogen (secondary N) is 1. The largest absolute Gasteiger partial charge is 0.379 e. The van der Waals surface area contributed by atoms with Gasteiger partial charge in [0.05, 0.1) is 29.1 Å². The molecule has 1 saturated heterocycles. The number of sulfonamides is 1. The van der Waals surface area contributed by atoms with E-state index in [-0.39, 0.29) is 17.3 Å². The Labute approximate surface area is 169 Å². The molecule has 0 radical (unpaired) electrons. The second kappa shape index (κ2) is 7.94. The van der Waals surface area contributed by atoms with Gasteiger partial charge in [-0.2, -0.15) is 4.31 Å². The summed E-state index contributed by atoms with van der Waals surface area (Å²) in [6.07, 6.45) is 0. The van der Waals surface area contributed by atoms with E-state index in [0.29, 0.717) is 32.0 Å². The van der Waals surface area contributed by atoms with Crippen LogP contribution < -0.4 is 5.32 Å².